The summed E-state index contributed by atoms with van der Waals surface area (Å²) < 4.78 is 1.09. The van der Waals surface area contributed by atoms with Crippen LogP contribution in [0.3, 0.4) is 0 Å². The molecule has 0 saturated carbocycles. The van der Waals surface area contributed by atoms with Crippen LogP contribution in [0.15, 0.2) is 102 Å². The molecule has 6 heteroatoms. The first-order valence-corrected chi connectivity index (χ1v) is 17.4. The molecule has 0 aliphatic carbocycles. The van der Waals surface area contributed by atoms with E-state index >= 15 is 0 Å². The number of carbonyl (C=O) groups excluding carboxylic acids is 1. The molecule has 1 N–H and O–H groups in total. The average Bonchev–Trinajstić information content (AvgIpc) is 3.53. The summed E-state index contributed by atoms with van der Waals surface area (Å²) >= 11 is 3.53. The number of benzene rings is 5. The number of ketones is 1. The summed E-state index contributed by atoms with van der Waals surface area (Å²) in [5, 5.41) is 10.7. The fourth-order valence-corrected chi connectivity index (χ4v) is 6.86. The van der Waals surface area contributed by atoms with Gasteiger partial charge in [0.05, 0.1) is 6.17 Å². The molecule has 0 radical (unpaired) electrons. The van der Waals surface area contributed by atoms with Gasteiger partial charge < -0.3 is 14.9 Å². The first-order valence-electron chi connectivity index (χ1n) is 16.6. The van der Waals surface area contributed by atoms with Crippen LogP contribution in [0.4, 0.5) is 11.4 Å². The Morgan fingerprint density at radius 3 is 1.80 bits per heavy atom. The Hall–Kier alpha value is -3.92. The molecular weight excluding hydrogens is 863 g/mol. The van der Waals surface area contributed by atoms with Crippen molar-refractivity contribution in [1.29, 1.82) is 0 Å². The van der Waals surface area contributed by atoms with Crippen molar-refractivity contribution < 1.29 is 31.0 Å². The van der Waals surface area contributed by atoms with Gasteiger partial charge in [-0.05, 0) is 130 Å². The van der Waals surface area contributed by atoms with E-state index in [0.717, 1.165) is 66.8 Å². The van der Waals surface area contributed by atoms with Crippen LogP contribution in [0.1, 0.15) is 72.2 Å². The summed E-state index contributed by atoms with van der Waals surface area (Å²) in [6, 6.07) is 34.8. The second kappa shape index (κ2) is 16.9. The fourth-order valence-electron chi connectivity index (χ4n) is 6.60. The van der Waals surface area contributed by atoms with Crippen LogP contribution in [0.5, 0.6) is 0 Å². The molecule has 0 spiro atoms. The monoisotopic (exact) mass is 907 g/mol. The number of hydrogen-bond donors (Lipinski definition) is 1. The summed E-state index contributed by atoms with van der Waals surface area (Å²) in [5.74, 6) is -0.0954. The zero-order valence-electron chi connectivity index (χ0n) is 30.0. The third-order valence-corrected chi connectivity index (χ3v) is 10.3. The number of anilines is 2. The molecule has 1 unspecified atom stereocenters. The van der Waals surface area contributed by atoms with Crippen molar-refractivity contribution in [2.45, 2.75) is 61.6 Å². The minimum absolute atomic E-state index is 0. The predicted molar refractivity (Wildman–Crippen MR) is 208 cm³/mol. The van der Waals surface area contributed by atoms with Crippen LogP contribution in [0.2, 0.25) is 0 Å². The van der Waals surface area contributed by atoms with Gasteiger partial charge in [-0.1, -0.05) is 64.9 Å². The number of carbonyl (C=O) groups is 1. The SMILES string of the molecule is Brc1ccc(C2N(c3[c-]cccc3)[CH-]CN2c2ccccc2)cc1.Cc1cc(C)c(C)c(C(=O)/C=C(\O)c2c(C)c(C)cc(C)c2C)c1C.[Pt+2]. The first kappa shape index (κ1) is 38.9. The molecule has 1 aliphatic heterocycles. The molecule has 1 atom stereocenters. The molecule has 50 heavy (non-hydrogen) atoms. The molecule has 0 aromatic heterocycles. The Balaban J connectivity index is 0.000000220. The maximum atomic E-state index is 12.9. The average molecular weight is 909 g/mol. The maximum absolute atomic E-state index is 12.9. The smallest absolute Gasteiger partial charge is 0.519 e. The fraction of sp³-hybridized carbons (Fsp3) is 0.227. The number of aliphatic hydroxyl groups is 1. The van der Waals surface area contributed by atoms with Gasteiger partial charge in [0, 0.05) is 27.4 Å². The van der Waals surface area contributed by atoms with Gasteiger partial charge in [0.25, 0.3) is 0 Å². The van der Waals surface area contributed by atoms with E-state index in [1.54, 1.807) is 0 Å². The van der Waals surface area contributed by atoms with Crippen LogP contribution < -0.4 is 9.80 Å². The molecule has 1 fully saturated rings. The number of halogens is 1. The Kier molecular flexibility index (Phi) is 13.1. The summed E-state index contributed by atoms with van der Waals surface area (Å²) in [6.07, 6.45) is 1.50. The van der Waals surface area contributed by atoms with E-state index < -0.39 is 0 Å². The molecule has 1 heterocycles. The Morgan fingerprint density at radius 1 is 0.760 bits per heavy atom. The van der Waals surface area contributed by atoms with E-state index in [4.69, 9.17) is 0 Å². The third-order valence-electron chi connectivity index (χ3n) is 9.76. The summed E-state index contributed by atoms with van der Waals surface area (Å²) in [6.45, 7) is 19.1. The van der Waals surface area contributed by atoms with Crippen molar-refractivity contribution in [2.75, 3.05) is 16.3 Å². The number of aryl methyl sites for hydroxylation is 4. The van der Waals surface area contributed by atoms with Crippen molar-refractivity contribution in [3.05, 3.63) is 175 Å². The van der Waals surface area contributed by atoms with E-state index in [9.17, 15) is 9.90 Å². The van der Waals surface area contributed by atoms with E-state index in [0.29, 0.717) is 5.56 Å². The predicted octanol–water partition coefficient (Wildman–Crippen LogP) is 11.4. The number of para-hydroxylation sites is 2. The van der Waals surface area contributed by atoms with Gasteiger partial charge in [-0.2, -0.15) is 30.3 Å². The molecule has 1 aliphatic rings. The zero-order valence-corrected chi connectivity index (χ0v) is 33.9. The van der Waals surface area contributed by atoms with Crippen molar-refractivity contribution in [1.82, 2.24) is 0 Å². The largest absolute Gasteiger partial charge is 2.00 e. The van der Waals surface area contributed by atoms with Crippen molar-refractivity contribution >= 4 is 38.8 Å². The molecule has 0 bridgehead atoms. The van der Waals surface area contributed by atoms with Gasteiger partial charge in [-0.15, -0.1) is 5.69 Å². The summed E-state index contributed by atoms with van der Waals surface area (Å²) in [7, 11) is 0. The molecule has 0 amide bonds. The second-order valence-electron chi connectivity index (χ2n) is 12.9. The number of aliphatic hydroxyl groups excluding tert-OH is 1. The van der Waals surface area contributed by atoms with Gasteiger partial charge in [0.1, 0.15) is 5.76 Å². The molecular formula is C44H45BrN2O2Pt. The first-order chi connectivity index (χ1) is 23.4. The van der Waals surface area contributed by atoms with Crippen LogP contribution >= 0.6 is 15.9 Å². The molecule has 260 valence electrons. The number of rotatable bonds is 6. The second-order valence-corrected chi connectivity index (χ2v) is 13.8. The summed E-state index contributed by atoms with van der Waals surface area (Å²) in [5.41, 5.74) is 13.4. The molecule has 5 aromatic rings. The van der Waals surface area contributed by atoms with Gasteiger partial charge >= 0.3 is 21.1 Å². The molecule has 4 nitrogen and oxygen atoms in total. The van der Waals surface area contributed by atoms with Crippen molar-refractivity contribution in [2.24, 2.45) is 0 Å². The van der Waals surface area contributed by atoms with Crippen LogP contribution in [0, 0.1) is 68.0 Å². The van der Waals surface area contributed by atoms with Crippen molar-refractivity contribution in [3.63, 3.8) is 0 Å². The number of nitrogens with zero attached hydrogens (tertiary/aromatic N) is 2. The summed E-state index contributed by atoms with van der Waals surface area (Å²) in [4.78, 5) is 17.6. The van der Waals surface area contributed by atoms with Gasteiger partial charge in [-0.3, -0.25) is 4.79 Å². The minimum Gasteiger partial charge on any atom is -0.519 e. The molecule has 6 rings (SSSR count). The van der Waals surface area contributed by atoms with Crippen LogP contribution in [0.25, 0.3) is 5.76 Å². The molecule has 5 aromatic carbocycles. The van der Waals surface area contributed by atoms with Gasteiger partial charge in [0.2, 0.25) is 0 Å². The Bertz CT molecular complexity index is 1890. The Morgan fingerprint density at radius 2 is 1.28 bits per heavy atom. The van der Waals surface area contributed by atoms with Crippen molar-refractivity contribution in [3.8, 4) is 0 Å². The number of allylic oxidation sites excluding steroid dienone is 1. The van der Waals surface area contributed by atoms with E-state index in [1.807, 2.05) is 67.5 Å². The number of hydrogen-bond acceptors (Lipinski definition) is 4. The normalized spacial score (nSPS) is 14.2. The quantitative estimate of drug-likeness (QED) is 0.0798. The van der Waals surface area contributed by atoms with Crippen LogP contribution in [-0.2, 0) is 21.1 Å². The topological polar surface area (TPSA) is 43.8 Å². The van der Waals surface area contributed by atoms with Gasteiger partial charge in [-0.25, -0.2) is 6.54 Å². The van der Waals surface area contributed by atoms with E-state index in [1.165, 1.54) is 17.3 Å². The zero-order chi connectivity index (χ0) is 35.4. The minimum atomic E-state index is -0.141. The maximum Gasteiger partial charge on any atom is 2.00 e. The van der Waals surface area contributed by atoms with E-state index in [2.05, 4.69) is 117 Å². The van der Waals surface area contributed by atoms with E-state index in [-0.39, 0.29) is 38.8 Å². The standard InChI is InChI=1S/C23H28O2.C21H17BrN2.Pt/c1-12-9-13(2)17(6)22(16(12)5)20(24)11-21(25)23-18(7)14(3)10-15(4)19(23)8;22-18-13-11-17(12-14-18)21-23(19-7-3-1-4-8-19)15-16-24(21)20-9-5-2-6-10-20;/h9-11,24H,1-8H3;1-9,11-14,16,21H,15H2;/q;-2;+2/b20-11-;;. The Labute approximate surface area is 321 Å². The van der Waals surface area contributed by atoms with Gasteiger partial charge in [0.15, 0.2) is 5.78 Å². The molecule has 1 saturated heterocycles. The van der Waals surface area contributed by atoms with Crippen LogP contribution in [-0.4, -0.2) is 17.4 Å². The third kappa shape index (κ3) is 8.33.